The Morgan fingerprint density at radius 1 is 1.00 bits per heavy atom. The highest BCUT2D eigenvalue weighted by molar-refractivity contribution is 5.76. The molecule has 4 N–H and O–H groups in total. The number of hydrogen-bond acceptors (Lipinski definition) is 7. The Balaban J connectivity index is 4.27. The first-order valence-corrected chi connectivity index (χ1v) is 9.05. The molecule has 1 amide bonds. The minimum atomic E-state index is -0.225. The predicted octanol–water partition coefficient (Wildman–Crippen LogP) is -0.401. The van der Waals surface area contributed by atoms with Crippen molar-refractivity contribution in [2.24, 2.45) is 11.5 Å². The Bertz CT molecular complexity index is 378. The van der Waals surface area contributed by atoms with E-state index in [1.54, 1.807) is 4.90 Å². The van der Waals surface area contributed by atoms with Crippen molar-refractivity contribution in [2.75, 3.05) is 65.8 Å². The minimum Gasteiger partial charge on any atom is -0.378 e. The lowest BCUT2D eigenvalue weighted by Gasteiger charge is -2.25. The molecule has 26 heavy (non-hydrogen) atoms. The van der Waals surface area contributed by atoms with Gasteiger partial charge in [-0.2, -0.15) is 0 Å². The normalized spacial score (nSPS) is 13.2. The molecule has 8 nitrogen and oxygen atoms in total. The smallest absolute Gasteiger partial charge is 0.225 e. The molecule has 2 unspecified atom stereocenters. The molecule has 0 spiro atoms. The number of carbonyl (C=O) groups is 1. The number of rotatable bonds is 17. The van der Waals surface area contributed by atoms with E-state index in [-0.39, 0.29) is 31.1 Å². The van der Waals surface area contributed by atoms with E-state index in [0.29, 0.717) is 59.2 Å². The molecular formula is C18H35N3O5. The first kappa shape index (κ1) is 24.8. The average Bonchev–Trinajstić information content (AvgIpc) is 2.63. The van der Waals surface area contributed by atoms with Gasteiger partial charge in [-0.25, -0.2) is 0 Å². The Morgan fingerprint density at radius 2 is 1.58 bits per heavy atom. The third-order valence-corrected chi connectivity index (χ3v) is 3.42. The van der Waals surface area contributed by atoms with Gasteiger partial charge in [0.25, 0.3) is 0 Å². The van der Waals surface area contributed by atoms with Crippen LogP contribution < -0.4 is 11.5 Å². The van der Waals surface area contributed by atoms with E-state index in [1.807, 2.05) is 13.8 Å². The maximum Gasteiger partial charge on any atom is 0.225 e. The molecule has 0 aromatic heterocycles. The molecule has 0 rings (SSSR count). The second kappa shape index (κ2) is 17.2. The molecule has 0 saturated carbocycles. The zero-order valence-electron chi connectivity index (χ0n) is 16.2. The summed E-state index contributed by atoms with van der Waals surface area (Å²) in [6, 6.07) is 0. The molecule has 0 aliphatic rings. The van der Waals surface area contributed by atoms with Gasteiger partial charge >= 0.3 is 0 Å². The highest BCUT2D eigenvalue weighted by atomic mass is 16.5. The first-order chi connectivity index (χ1) is 12.5. The van der Waals surface area contributed by atoms with Gasteiger partial charge in [-0.05, 0) is 13.8 Å². The lowest BCUT2D eigenvalue weighted by Crippen LogP contribution is -2.39. The van der Waals surface area contributed by atoms with Crippen molar-refractivity contribution in [1.29, 1.82) is 0 Å². The Hall–Kier alpha value is -1.21. The highest BCUT2D eigenvalue weighted by Gasteiger charge is 2.17. The SMILES string of the molecule is C#CCOC(C)COC(C)CC(=O)N(CCOCCN)CCOCCN. The number of ether oxygens (including phenoxy) is 4. The summed E-state index contributed by atoms with van der Waals surface area (Å²) in [7, 11) is 0. The fourth-order valence-electron chi connectivity index (χ4n) is 2.05. The largest absolute Gasteiger partial charge is 0.378 e. The van der Waals surface area contributed by atoms with Crippen molar-refractivity contribution in [3.63, 3.8) is 0 Å². The van der Waals surface area contributed by atoms with E-state index in [0.717, 1.165) is 0 Å². The summed E-state index contributed by atoms with van der Waals surface area (Å²) in [4.78, 5) is 14.2. The second-order valence-electron chi connectivity index (χ2n) is 5.86. The molecule has 0 aliphatic heterocycles. The topological polar surface area (TPSA) is 109 Å². The molecule has 0 fully saturated rings. The Morgan fingerprint density at radius 3 is 2.08 bits per heavy atom. The third kappa shape index (κ3) is 14.0. The molecule has 0 saturated heterocycles. The summed E-state index contributed by atoms with van der Waals surface area (Å²) in [5, 5.41) is 0. The van der Waals surface area contributed by atoms with Crippen molar-refractivity contribution in [3.05, 3.63) is 0 Å². The third-order valence-electron chi connectivity index (χ3n) is 3.42. The van der Waals surface area contributed by atoms with E-state index in [9.17, 15) is 4.79 Å². The van der Waals surface area contributed by atoms with Gasteiger partial charge in [0.05, 0.1) is 51.7 Å². The quantitative estimate of drug-likeness (QED) is 0.264. The summed E-state index contributed by atoms with van der Waals surface area (Å²) in [5.74, 6) is 2.40. The van der Waals surface area contributed by atoms with Crippen LogP contribution in [0.5, 0.6) is 0 Å². The van der Waals surface area contributed by atoms with E-state index in [2.05, 4.69) is 5.92 Å². The van der Waals surface area contributed by atoms with Crippen LogP contribution in [0, 0.1) is 12.3 Å². The minimum absolute atomic E-state index is 0.0117. The van der Waals surface area contributed by atoms with Crippen LogP contribution in [0.25, 0.3) is 0 Å². The highest BCUT2D eigenvalue weighted by Crippen LogP contribution is 2.05. The molecule has 0 aromatic carbocycles. The predicted molar refractivity (Wildman–Crippen MR) is 101 cm³/mol. The molecule has 0 heterocycles. The van der Waals surface area contributed by atoms with Crippen molar-refractivity contribution in [1.82, 2.24) is 4.90 Å². The molecular weight excluding hydrogens is 338 g/mol. The summed E-state index contributed by atoms with van der Waals surface area (Å²) < 4.78 is 21.7. The van der Waals surface area contributed by atoms with Gasteiger partial charge in [-0.3, -0.25) is 4.79 Å². The summed E-state index contributed by atoms with van der Waals surface area (Å²) >= 11 is 0. The Kier molecular flexibility index (Phi) is 16.4. The number of amides is 1. The maximum atomic E-state index is 12.5. The Labute approximate surface area is 157 Å². The lowest BCUT2D eigenvalue weighted by atomic mass is 10.2. The van der Waals surface area contributed by atoms with E-state index in [4.69, 9.17) is 36.8 Å². The number of carbonyl (C=O) groups excluding carboxylic acids is 1. The average molecular weight is 373 g/mol. The molecule has 0 radical (unpaired) electrons. The van der Waals surface area contributed by atoms with Gasteiger partial charge in [0.2, 0.25) is 5.91 Å². The van der Waals surface area contributed by atoms with Gasteiger partial charge in [-0.1, -0.05) is 5.92 Å². The summed E-state index contributed by atoms with van der Waals surface area (Å²) in [5.41, 5.74) is 10.8. The zero-order valence-corrected chi connectivity index (χ0v) is 16.2. The van der Waals surface area contributed by atoms with Crippen LogP contribution in [-0.4, -0.2) is 88.8 Å². The van der Waals surface area contributed by atoms with E-state index >= 15 is 0 Å². The van der Waals surface area contributed by atoms with Crippen LogP contribution in [0.3, 0.4) is 0 Å². The van der Waals surface area contributed by atoms with Crippen LogP contribution in [0.1, 0.15) is 20.3 Å². The van der Waals surface area contributed by atoms with Gasteiger partial charge in [0, 0.05) is 26.2 Å². The first-order valence-electron chi connectivity index (χ1n) is 9.05. The maximum absolute atomic E-state index is 12.5. The van der Waals surface area contributed by atoms with Gasteiger partial charge < -0.3 is 35.3 Å². The van der Waals surface area contributed by atoms with Crippen LogP contribution in [0.4, 0.5) is 0 Å². The molecule has 0 bridgehead atoms. The van der Waals surface area contributed by atoms with Crippen molar-refractivity contribution >= 4 is 5.91 Å². The lowest BCUT2D eigenvalue weighted by molar-refractivity contribution is -0.136. The number of hydrogen-bond donors (Lipinski definition) is 2. The fourth-order valence-corrected chi connectivity index (χ4v) is 2.05. The standard InChI is InChI=1S/C18H35N3O5/c1-4-9-25-17(3)15-26-16(2)14-18(22)21(7-12-23-10-5-19)8-13-24-11-6-20/h1,16-17H,5-15,19-20H2,2-3H3. The van der Waals surface area contributed by atoms with E-state index < -0.39 is 0 Å². The van der Waals surface area contributed by atoms with Gasteiger partial charge in [0.1, 0.15) is 6.61 Å². The molecule has 152 valence electrons. The van der Waals surface area contributed by atoms with Gasteiger partial charge in [-0.15, -0.1) is 6.42 Å². The van der Waals surface area contributed by atoms with Crippen molar-refractivity contribution < 1.29 is 23.7 Å². The molecule has 8 heteroatoms. The van der Waals surface area contributed by atoms with Crippen molar-refractivity contribution in [3.8, 4) is 12.3 Å². The zero-order chi connectivity index (χ0) is 19.6. The second-order valence-corrected chi connectivity index (χ2v) is 5.86. The van der Waals surface area contributed by atoms with Gasteiger partial charge in [0.15, 0.2) is 0 Å². The summed E-state index contributed by atoms with van der Waals surface area (Å²) in [6.45, 7) is 8.07. The van der Waals surface area contributed by atoms with Crippen LogP contribution >= 0.6 is 0 Å². The molecule has 0 aromatic rings. The number of nitrogens with two attached hydrogens (primary N) is 2. The summed E-state index contributed by atoms with van der Waals surface area (Å²) in [6.07, 6.45) is 5.08. The van der Waals surface area contributed by atoms with E-state index in [1.165, 1.54) is 0 Å². The van der Waals surface area contributed by atoms with Crippen molar-refractivity contribution in [2.45, 2.75) is 32.5 Å². The monoisotopic (exact) mass is 373 g/mol. The van der Waals surface area contributed by atoms with Crippen LogP contribution in [0.15, 0.2) is 0 Å². The van der Waals surface area contributed by atoms with Crippen LogP contribution in [0.2, 0.25) is 0 Å². The fraction of sp³-hybridized carbons (Fsp3) is 0.833. The molecule has 2 atom stereocenters. The van der Waals surface area contributed by atoms with Crippen LogP contribution in [-0.2, 0) is 23.7 Å². The number of nitrogens with zero attached hydrogens (tertiary/aromatic N) is 1. The number of terminal acetylenes is 1. The molecule has 0 aliphatic carbocycles.